The lowest BCUT2D eigenvalue weighted by Gasteiger charge is -2.12. The minimum absolute atomic E-state index is 0.146. The molecule has 0 bridgehead atoms. The molecule has 1 amide bonds. The predicted octanol–water partition coefficient (Wildman–Crippen LogP) is 2.80. The second kappa shape index (κ2) is 6.77. The van der Waals surface area contributed by atoms with Crippen molar-refractivity contribution < 1.29 is 9.59 Å². The van der Waals surface area contributed by atoms with E-state index in [1.54, 1.807) is 47.0 Å². The standard InChI is InChI=1S/C21H18N4O3/c1-13-11-20-24(21(28)16-8-4-6-10-18(16)25(20)23-13)12-19(27)22-17-9-5-3-7-15(17)14(2)26/h3-11H,12H2,1-2H3,(H,22,27). The molecule has 0 spiro atoms. The van der Waals surface area contributed by atoms with Crippen LogP contribution in [0.4, 0.5) is 5.69 Å². The van der Waals surface area contributed by atoms with Crippen LogP contribution in [0.3, 0.4) is 0 Å². The Morgan fingerprint density at radius 1 is 1.07 bits per heavy atom. The Balaban J connectivity index is 1.77. The highest BCUT2D eigenvalue weighted by Crippen LogP contribution is 2.17. The van der Waals surface area contributed by atoms with Gasteiger partial charge in [-0.05, 0) is 38.1 Å². The number of ketones is 1. The summed E-state index contributed by atoms with van der Waals surface area (Å²) in [5.41, 5.74) is 2.55. The fourth-order valence-corrected chi connectivity index (χ4v) is 3.33. The summed E-state index contributed by atoms with van der Waals surface area (Å²) in [4.78, 5) is 37.5. The lowest BCUT2D eigenvalue weighted by atomic mass is 10.1. The van der Waals surface area contributed by atoms with Gasteiger partial charge in [-0.3, -0.25) is 19.0 Å². The van der Waals surface area contributed by atoms with Gasteiger partial charge in [-0.1, -0.05) is 24.3 Å². The number of carbonyl (C=O) groups is 2. The van der Waals surface area contributed by atoms with E-state index in [2.05, 4.69) is 10.4 Å². The molecule has 1 N–H and O–H groups in total. The molecule has 7 nitrogen and oxygen atoms in total. The molecular weight excluding hydrogens is 356 g/mol. The fourth-order valence-electron chi connectivity index (χ4n) is 3.33. The van der Waals surface area contributed by atoms with Crippen LogP contribution in [0.5, 0.6) is 0 Å². The summed E-state index contributed by atoms with van der Waals surface area (Å²) in [5.74, 6) is -0.542. The summed E-state index contributed by atoms with van der Waals surface area (Å²) in [6.07, 6.45) is 0. The number of carbonyl (C=O) groups excluding carboxylic acids is 2. The van der Waals surface area contributed by atoms with Crippen LogP contribution in [0.2, 0.25) is 0 Å². The Kier molecular flexibility index (Phi) is 4.27. The molecule has 0 atom stereocenters. The van der Waals surface area contributed by atoms with Gasteiger partial charge >= 0.3 is 0 Å². The molecule has 0 fully saturated rings. The monoisotopic (exact) mass is 374 g/mol. The SMILES string of the molecule is CC(=O)c1ccccc1NC(=O)Cn1c(=O)c2ccccc2n2nc(C)cc12. The van der Waals surface area contributed by atoms with Crippen molar-refractivity contribution in [1.29, 1.82) is 0 Å². The Labute approximate surface area is 160 Å². The second-order valence-electron chi connectivity index (χ2n) is 6.61. The van der Waals surface area contributed by atoms with Gasteiger partial charge in [-0.25, -0.2) is 4.52 Å². The number of hydrogen-bond acceptors (Lipinski definition) is 4. The van der Waals surface area contributed by atoms with Gasteiger partial charge in [-0.15, -0.1) is 0 Å². The molecule has 0 saturated heterocycles. The Morgan fingerprint density at radius 3 is 2.57 bits per heavy atom. The topological polar surface area (TPSA) is 85.5 Å². The molecule has 140 valence electrons. The predicted molar refractivity (Wildman–Crippen MR) is 107 cm³/mol. The molecule has 4 rings (SSSR count). The van der Waals surface area contributed by atoms with Crippen LogP contribution in [0, 0.1) is 6.92 Å². The number of rotatable bonds is 4. The molecule has 2 heterocycles. The number of Topliss-reactive ketones (excluding diaryl/α,β-unsaturated/α-hetero) is 1. The van der Waals surface area contributed by atoms with Gasteiger partial charge < -0.3 is 5.32 Å². The molecule has 2 aromatic heterocycles. The highest BCUT2D eigenvalue weighted by Gasteiger charge is 2.16. The van der Waals surface area contributed by atoms with Crippen LogP contribution in [-0.2, 0) is 11.3 Å². The molecule has 2 aromatic carbocycles. The summed E-state index contributed by atoms with van der Waals surface area (Å²) >= 11 is 0. The van der Waals surface area contributed by atoms with Crippen molar-refractivity contribution in [3.63, 3.8) is 0 Å². The third kappa shape index (κ3) is 2.96. The first-order chi connectivity index (χ1) is 13.5. The summed E-state index contributed by atoms with van der Waals surface area (Å²) in [6.45, 7) is 3.09. The number of fused-ring (bicyclic) bond motifs is 3. The molecule has 0 unspecified atom stereocenters. The van der Waals surface area contributed by atoms with Crippen molar-refractivity contribution in [2.45, 2.75) is 20.4 Å². The molecule has 0 aliphatic rings. The zero-order valence-electron chi connectivity index (χ0n) is 15.5. The highest BCUT2D eigenvalue weighted by molar-refractivity contribution is 6.03. The van der Waals surface area contributed by atoms with E-state index in [1.165, 1.54) is 11.5 Å². The Morgan fingerprint density at radius 2 is 1.79 bits per heavy atom. The van der Waals surface area contributed by atoms with E-state index in [1.807, 2.05) is 19.1 Å². The first-order valence-corrected chi connectivity index (χ1v) is 8.83. The van der Waals surface area contributed by atoms with Gasteiger partial charge in [0.25, 0.3) is 5.56 Å². The second-order valence-corrected chi connectivity index (χ2v) is 6.61. The molecule has 0 radical (unpaired) electrons. The third-order valence-corrected chi connectivity index (χ3v) is 4.58. The van der Waals surface area contributed by atoms with Crippen LogP contribution in [0.1, 0.15) is 23.0 Å². The van der Waals surface area contributed by atoms with Crippen molar-refractivity contribution in [3.8, 4) is 0 Å². The van der Waals surface area contributed by atoms with Crippen molar-refractivity contribution in [1.82, 2.24) is 14.2 Å². The van der Waals surface area contributed by atoms with Crippen LogP contribution in [-0.4, -0.2) is 25.9 Å². The summed E-state index contributed by atoms with van der Waals surface area (Å²) in [6, 6.07) is 15.7. The van der Waals surface area contributed by atoms with Gasteiger partial charge in [0.05, 0.1) is 22.3 Å². The maximum atomic E-state index is 13.0. The van der Waals surface area contributed by atoms with Crippen molar-refractivity contribution in [3.05, 3.63) is 76.2 Å². The molecule has 0 aliphatic carbocycles. The smallest absolute Gasteiger partial charge is 0.262 e. The van der Waals surface area contributed by atoms with E-state index in [0.717, 1.165) is 5.69 Å². The van der Waals surface area contributed by atoms with E-state index in [0.29, 0.717) is 27.8 Å². The van der Waals surface area contributed by atoms with Crippen LogP contribution >= 0.6 is 0 Å². The maximum Gasteiger partial charge on any atom is 0.262 e. The van der Waals surface area contributed by atoms with Gasteiger partial charge in [0.15, 0.2) is 5.78 Å². The van der Waals surface area contributed by atoms with Gasteiger partial charge in [0.2, 0.25) is 5.91 Å². The van der Waals surface area contributed by atoms with Crippen molar-refractivity contribution in [2.75, 3.05) is 5.32 Å². The largest absolute Gasteiger partial charge is 0.324 e. The normalized spacial score (nSPS) is 11.1. The molecule has 4 aromatic rings. The van der Waals surface area contributed by atoms with E-state index in [4.69, 9.17) is 0 Å². The minimum Gasteiger partial charge on any atom is -0.324 e. The number of benzene rings is 2. The first kappa shape index (κ1) is 17.7. The molecule has 28 heavy (non-hydrogen) atoms. The fraction of sp³-hybridized carbons (Fsp3) is 0.143. The number of nitrogens with one attached hydrogen (secondary N) is 1. The quantitative estimate of drug-likeness (QED) is 0.557. The summed E-state index contributed by atoms with van der Waals surface area (Å²) in [7, 11) is 0. The average molecular weight is 374 g/mol. The van der Waals surface area contributed by atoms with E-state index < -0.39 is 5.91 Å². The number of hydrogen-bond donors (Lipinski definition) is 1. The number of amides is 1. The Hall–Kier alpha value is -3.74. The molecule has 7 heteroatoms. The molecular formula is C21H18N4O3. The first-order valence-electron chi connectivity index (χ1n) is 8.83. The van der Waals surface area contributed by atoms with Crippen LogP contribution < -0.4 is 10.9 Å². The third-order valence-electron chi connectivity index (χ3n) is 4.58. The van der Waals surface area contributed by atoms with Gasteiger partial charge in [0.1, 0.15) is 12.2 Å². The van der Waals surface area contributed by atoms with Gasteiger partial charge in [-0.2, -0.15) is 5.10 Å². The van der Waals surface area contributed by atoms with Crippen molar-refractivity contribution >= 4 is 33.9 Å². The van der Waals surface area contributed by atoms with Crippen LogP contribution in [0.15, 0.2) is 59.4 Å². The van der Waals surface area contributed by atoms with E-state index in [-0.39, 0.29) is 17.9 Å². The summed E-state index contributed by atoms with van der Waals surface area (Å²) in [5, 5.41) is 7.67. The zero-order chi connectivity index (χ0) is 19.8. The highest BCUT2D eigenvalue weighted by atomic mass is 16.2. The average Bonchev–Trinajstić information content (AvgIpc) is 3.07. The van der Waals surface area contributed by atoms with Gasteiger partial charge in [0, 0.05) is 11.6 Å². The lowest BCUT2D eigenvalue weighted by molar-refractivity contribution is -0.116. The zero-order valence-corrected chi connectivity index (χ0v) is 15.5. The number of para-hydroxylation sites is 2. The number of aromatic nitrogens is 3. The number of anilines is 1. The van der Waals surface area contributed by atoms with Crippen LogP contribution in [0.25, 0.3) is 16.6 Å². The lowest BCUT2D eigenvalue weighted by Crippen LogP contribution is -2.29. The number of aryl methyl sites for hydroxylation is 1. The van der Waals surface area contributed by atoms with Crippen molar-refractivity contribution in [2.24, 2.45) is 0 Å². The van der Waals surface area contributed by atoms with E-state index >= 15 is 0 Å². The summed E-state index contributed by atoms with van der Waals surface area (Å²) < 4.78 is 3.07. The maximum absolute atomic E-state index is 13.0. The molecule has 0 aliphatic heterocycles. The van der Waals surface area contributed by atoms with E-state index in [9.17, 15) is 14.4 Å². The Bertz CT molecular complexity index is 1300. The molecule has 0 saturated carbocycles. The number of nitrogens with zero attached hydrogens (tertiary/aromatic N) is 3. The minimum atomic E-state index is -0.396.